The summed E-state index contributed by atoms with van der Waals surface area (Å²) in [5.41, 5.74) is 1.49. The van der Waals surface area contributed by atoms with Crippen LogP contribution in [-0.2, 0) is 13.1 Å². The number of quaternary nitrogens is 1. The Balaban J connectivity index is 0. The largest absolute Gasteiger partial charge is 1.00 e. The molecule has 36 heavy (non-hydrogen) atoms. The van der Waals surface area contributed by atoms with Crippen molar-refractivity contribution in [2.45, 2.75) is 155 Å². The minimum absolute atomic E-state index is 0. The number of hydrogen-bond acceptors (Lipinski definition) is 0. The fourth-order valence-electron chi connectivity index (χ4n) is 5.19. The van der Waals surface area contributed by atoms with Crippen molar-refractivity contribution in [3.63, 3.8) is 0 Å². The molecule has 0 saturated carbocycles. The van der Waals surface area contributed by atoms with E-state index in [1.807, 2.05) is 0 Å². The van der Waals surface area contributed by atoms with Crippen molar-refractivity contribution in [2.75, 3.05) is 20.6 Å². The highest BCUT2D eigenvalue weighted by Crippen LogP contribution is 2.14. The van der Waals surface area contributed by atoms with Crippen molar-refractivity contribution in [1.29, 1.82) is 0 Å². The first kappa shape index (κ1) is 38.2. The van der Waals surface area contributed by atoms with Crippen molar-refractivity contribution in [1.82, 2.24) is 0 Å². The molecule has 1 aromatic heterocycles. The molecular weight excluding hydrogens is 572 g/mol. The van der Waals surface area contributed by atoms with Crippen molar-refractivity contribution >= 4 is 0 Å². The number of unbranched alkanes of at least 4 members (excludes halogenated alkanes) is 18. The van der Waals surface area contributed by atoms with E-state index in [9.17, 15) is 0 Å². The van der Waals surface area contributed by atoms with Gasteiger partial charge in [0.05, 0.1) is 26.2 Å². The molecule has 1 heterocycles. The van der Waals surface area contributed by atoms with Gasteiger partial charge in [0.25, 0.3) is 0 Å². The minimum atomic E-state index is 0. The maximum atomic E-state index is 2.43. The highest BCUT2D eigenvalue weighted by Gasteiger charge is 2.17. The van der Waals surface area contributed by atoms with Crippen LogP contribution in [-0.4, -0.2) is 25.1 Å². The highest BCUT2D eigenvalue weighted by atomic mass is 79.9. The van der Waals surface area contributed by atoms with Gasteiger partial charge in [0.15, 0.2) is 12.4 Å². The zero-order valence-electron chi connectivity index (χ0n) is 24.7. The molecule has 0 saturated heterocycles. The van der Waals surface area contributed by atoms with E-state index in [2.05, 4.69) is 57.0 Å². The highest BCUT2D eigenvalue weighted by molar-refractivity contribution is 5.03. The molecule has 1 aromatic rings. The van der Waals surface area contributed by atoms with Gasteiger partial charge >= 0.3 is 0 Å². The molecule has 0 amide bonds. The lowest BCUT2D eigenvalue weighted by Gasteiger charge is -2.29. The van der Waals surface area contributed by atoms with Gasteiger partial charge in [-0.05, 0) is 25.3 Å². The van der Waals surface area contributed by atoms with Crippen LogP contribution in [0.15, 0.2) is 24.5 Å². The van der Waals surface area contributed by atoms with Gasteiger partial charge in [-0.1, -0.05) is 117 Å². The second-order valence-electron chi connectivity index (χ2n) is 11.6. The van der Waals surface area contributed by atoms with E-state index in [4.69, 9.17) is 0 Å². The van der Waals surface area contributed by atoms with E-state index >= 15 is 0 Å². The number of aromatic nitrogens is 1. The second-order valence-corrected chi connectivity index (χ2v) is 11.6. The summed E-state index contributed by atoms with van der Waals surface area (Å²) in [6.07, 6.45) is 33.0. The summed E-state index contributed by atoms with van der Waals surface area (Å²) in [6, 6.07) is 4.58. The van der Waals surface area contributed by atoms with E-state index in [-0.39, 0.29) is 34.0 Å². The van der Waals surface area contributed by atoms with Crippen LogP contribution in [0.25, 0.3) is 0 Å². The molecule has 0 atom stereocenters. The summed E-state index contributed by atoms with van der Waals surface area (Å²) in [4.78, 5) is 0. The number of hydrogen-bond donors (Lipinski definition) is 0. The standard InChI is InChI=1S/C32H62N2.2BrH/c1-5-7-9-11-13-15-17-19-21-23-27-33-28-25-26-32(30-33)31-34(3,4)29-24-22-20-18-16-14-12-10-8-6-2;;/h25-26,28,30H,5-24,27,29,31H2,1-4H3;2*1H/q+2;;/p-2. The Morgan fingerprint density at radius 1 is 0.583 bits per heavy atom. The molecule has 0 aromatic carbocycles. The molecule has 2 nitrogen and oxygen atoms in total. The molecule has 0 spiro atoms. The number of rotatable bonds is 24. The number of nitrogens with zero attached hydrogens (tertiary/aromatic N) is 2. The van der Waals surface area contributed by atoms with E-state index in [1.54, 1.807) is 0 Å². The monoisotopic (exact) mass is 632 g/mol. The summed E-state index contributed by atoms with van der Waals surface area (Å²) in [6.45, 7) is 8.22. The van der Waals surface area contributed by atoms with Crippen molar-refractivity contribution < 1.29 is 43.0 Å². The van der Waals surface area contributed by atoms with Crippen LogP contribution in [0, 0.1) is 0 Å². The topological polar surface area (TPSA) is 3.88 Å². The molecule has 1 rings (SSSR count). The molecule has 0 N–H and O–H groups in total. The molecule has 0 bridgehead atoms. The zero-order chi connectivity index (χ0) is 24.7. The molecule has 0 fully saturated rings. The van der Waals surface area contributed by atoms with E-state index in [0.717, 1.165) is 11.0 Å². The smallest absolute Gasteiger partial charge is 0.177 e. The predicted molar refractivity (Wildman–Crippen MR) is 151 cm³/mol. The Kier molecular flexibility index (Phi) is 28.3. The van der Waals surface area contributed by atoms with Crippen LogP contribution in [0.3, 0.4) is 0 Å². The Morgan fingerprint density at radius 3 is 1.47 bits per heavy atom. The maximum absolute atomic E-state index is 2.43. The predicted octanol–water partition coefficient (Wildman–Crippen LogP) is 3.40. The van der Waals surface area contributed by atoms with Gasteiger partial charge in [-0.3, -0.25) is 0 Å². The zero-order valence-corrected chi connectivity index (χ0v) is 27.9. The summed E-state index contributed by atoms with van der Waals surface area (Å²) in [7, 11) is 4.82. The van der Waals surface area contributed by atoms with Crippen LogP contribution >= 0.6 is 0 Å². The van der Waals surface area contributed by atoms with Crippen LogP contribution in [0.2, 0.25) is 0 Å². The Labute approximate surface area is 248 Å². The quantitative estimate of drug-likeness (QED) is 0.0934. The third-order valence-corrected chi connectivity index (χ3v) is 7.42. The SMILES string of the molecule is CCCCCCCCCCCC[n+]1cccc(C[N+](C)(C)CCCCCCCCCCCC)c1.[Br-].[Br-]. The maximum Gasteiger partial charge on any atom is 0.177 e. The van der Waals surface area contributed by atoms with Gasteiger partial charge < -0.3 is 38.4 Å². The van der Waals surface area contributed by atoms with Crippen molar-refractivity contribution in [2.24, 2.45) is 0 Å². The second kappa shape index (κ2) is 26.7. The lowest BCUT2D eigenvalue weighted by atomic mass is 10.1. The first-order valence-electron chi connectivity index (χ1n) is 15.4. The van der Waals surface area contributed by atoms with Crippen molar-refractivity contribution in [3.05, 3.63) is 30.1 Å². The molecule has 4 heteroatoms. The van der Waals surface area contributed by atoms with Crippen LogP contribution in [0.5, 0.6) is 0 Å². The average molecular weight is 635 g/mol. The first-order valence-corrected chi connectivity index (χ1v) is 15.4. The van der Waals surface area contributed by atoms with Gasteiger partial charge in [-0.25, -0.2) is 4.57 Å². The number of aryl methyl sites for hydroxylation is 1. The average Bonchev–Trinajstić information content (AvgIpc) is 2.81. The van der Waals surface area contributed by atoms with E-state index in [1.165, 1.54) is 147 Å². The lowest BCUT2D eigenvalue weighted by molar-refractivity contribution is -0.904. The lowest BCUT2D eigenvalue weighted by Crippen LogP contribution is -3.00. The minimum Gasteiger partial charge on any atom is -1.00 e. The van der Waals surface area contributed by atoms with Gasteiger partial charge in [-0.2, -0.15) is 0 Å². The number of pyridine rings is 1. The van der Waals surface area contributed by atoms with Gasteiger partial charge in [0.2, 0.25) is 0 Å². The normalized spacial score (nSPS) is 11.2. The van der Waals surface area contributed by atoms with Gasteiger partial charge in [0, 0.05) is 12.5 Å². The summed E-state index contributed by atoms with van der Waals surface area (Å²) in [5, 5.41) is 0. The summed E-state index contributed by atoms with van der Waals surface area (Å²) < 4.78 is 3.54. The van der Waals surface area contributed by atoms with Gasteiger partial charge in [-0.15, -0.1) is 0 Å². The van der Waals surface area contributed by atoms with Crippen LogP contribution in [0.4, 0.5) is 0 Å². The van der Waals surface area contributed by atoms with Gasteiger partial charge in [0.1, 0.15) is 13.1 Å². The fourth-order valence-corrected chi connectivity index (χ4v) is 5.19. The molecular formula is C32H62Br2N2. The molecule has 0 aliphatic carbocycles. The fraction of sp³-hybridized carbons (Fsp3) is 0.844. The summed E-state index contributed by atoms with van der Waals surface area (Å²) in [5.74, 6) is 0. The Hall–Kier alpha value is 0.0700. The first-order chi connectivity index (χ1) is 16.6. The molecule has 214 valence electrons. The van der Waals surface area contributed by atoms with Crippen molar-refractivity contribution in [3.8, 4) is 0 Å². The van der Waals surface area contributed by atoms with E-state index < -0.39 is 0 Å². The van der Waals surface area contributed by atoms with Crippen LogP contribution in [0.1, 0.15) is 148 Å². The number of halogens is 2. The molecule has 0 aliphatic heterocycles. The van der Waals surface area contributed by atoms with Crippen LogP contribution < -0.4 is 38.5 Å². The third-order valence-electron chi connectivity index (χ3n) is 7.42. The molecule has 0 radical (unpaired) electrons. The Morgan fingerprint density at radius 2 is 1.00 bits per heavy atom. The van der Waals surface area contributed by atoms with E-state index in [0.29, 0.717) is 0 Å². The molecule has 0 unspecified atom stereocenters. The third kappa shape index (κ3) is 23.2. The Bertz CT molecular complexity index is 577. The summed E-state index contributed by atoms with van der Waals surface area (Å²) >= 11 is 0. The molecule has 0 aliphatic rings.